The normalized spacial score (nSPS) is 10.6. The molecule has 2 amide bonds. The Balaban J connectivity index is 2.04. The van der Waals surface area contributed by atoms with Crippen LogP contribution in [0, 0.1) is 6.92 Å². The Morgan fingerprint density at radius 3 is 2.20 bits per heavy atom. The van der Waals surface area contributed by atoms with Crippen LogP contribution in [0.2, 0.25) is 10.0 Å². The van der Waals surface area contributed by atoms with Crippen molar-refractivity contribution in [2.24, 2.45) is 0 Å². The fourth-order valence-corrected chi connectivity index (χ4v) is 3.03. The number of aryl methyl sites for hydroxylation is 1. The minimum absolute atomic E-state index is 0.262. The van der Waals surface area contributed by atoms with Crippen LogP contribution in [-0.2, 0) is 9.59 Å². The van der Waals surface area contributed by atoms with E-state index >= 15 is 0 Å². The number of halogens is 2. The van der Waals surface area contributed by atoms with E-state index in [4.69, 9.17) is 23.2 Å². The molecule has 0 aromatic heterocycles. The Bertz CT molecular complexity index is 784. The van der Waals surface area contributed by atoms with Gasteiger partial charge in [-0.3, -0.25) is 9.59 Å². The van der Waals surface area contributed by atoms with Gasteiger partial charge >= 0.3 is 0 Å². The third-order valence-corrected chi connectivity index (χ3v) is 4.10. The topological polar surface area (TPSA) is 58.2 Å². The van der Waals surface area contributed by atoms with Crippen molar-refractivity contribution < 1.29 is 9.59 Å². The van der Waals surface area contributed by atoms with Crippen molar-refractivity contribution in [2.75, 3.05) is 10.6 Å². The number of carbonyl (C=O) groups is 2. The van der Waals surface area contributed by atoms with E-state index in [2.05, 4.69) is 24.5 Å². The molecule has 0 aliphatic rings. The standard InChI is InChI=1S/C19H20Cl2N2O2/c1-11(2)16-6-4-5-12(3)19(16)23-18(25)10-17(24)22-15-8-13(20)7-14(21)9-15/h4-9,11H,10H2,1-3H3,(H,22,24)(H,23,25). The highest BCUT2D eigenvalue weighted by Crippen LogP contribution is 2.27. The van der Waals surface area contributed by atoms with Gasteiger partial charge in [0.15, 0.2) is 0 Å². The van der Waals surface area contributed by atoms with Crippen LogP contribution in [-0.4, -0.2) is 11.8 Å². The average molecular weight is 379 g/mol. The van der Waals surface area contributed by atoms with Crippen LogP contribution in [0.1, 0.15) is 37.3 Å². The summed E-state index contributed by atoms with van der Waals surface area (Å²) >= 11 is 11.8. The molecule has 0 atom stereocenters. The van der Waals surface area contributed by atoms with Gasteiger partial charge in [0.1, 0.15) is 6.42 Å². The Morgan fingerprint density at radius 2 is 1.60 bits per heavy atom. The summed E-state index contributed by atoms with van der Waals surface area (Å²) in [6, 6.07) is 10.6. The first-order valence-electron chi connectivity index (χ1n) is 7.91. The Kier molecular flexibility index (Phi) is 6.45. The monoisotopic (exact) mass is 378 g/mol. The number of amides is 2. The number of nitrogens with one attached hydrogen (secondary N) is 2. The third-order valence-electron chi connectivity index (χ3n) is 3.66. The van der Waals surface area contributed by atoms with E-state index in [1.54, 1.807) is 18.2 Å². The lowest BCUT2D eigenvalue weighted by Gasteiger charge is -2.16. The van der Waals surface area contributed by atoms with Gasteiger partial charge in [-0.15, -0.1) is 0 Å². The molecule has 0 aliphatic heterocycles. The van der Waals surface area contributed by atoms with Crippen LogP contribution < -0.4 is 10.6 Å². The predicted octanol–water partition coefficient (Wildman–Crippen LogP) is 5.39. The van der Waals surface area contributed by atoms with Gasteiger partial charge in [0.25, 0.3) is 0 Å². The molecule has 2 rings (SSSR count). The molecule has 0 saturated heterocycles. The predicted molar refractivity (Wildman–Crippen MR) is 104 cm³/mol. The molecule has 25 heavy (non-hydrogen) atoms. The molecular weight excluding hydrogens is 359 g/mol. The number of anilines is 2. The summed E-state index contributed by atoms with van der Waals surface area (Å²) in [5.41, 5.74) is 3.21. The molecule has 0 saturated carbocycles. The van der Waals surface area contributed by atoms with Crippen molar-refractivity contribution in [3.05, 3.63) is 57.6 Å². The molecule has 0 radical (unpaired) electrons. The second-order valence-electron chi connectivity index (χ2n) is 6.13. The minimum atomic E-state index is -0.435. The lowest BCUT2D eigenvalue weighted by molar-refractivity contribution is -0.123. The number of carbonyl (C=O) groups excluding carboxylic acids is 2. The summed E-state index contributed by atoms with van der Waals surface area (Å²) in [7, 11) is 0. The molecule has 0 bridgehead atoms. The zero-order valence-electron chi connectivity index (χ0n) is 14.3. The van der Waals surface area contributed by atoms with Gasteiger partial charge in [-0.05, 0) is 42.2 Å². The maximum atomic E-state index is 12.2. The highest BCUT2D eigenvalue weighted by molar-refractivity contribution is 6.35. The largest absolute Gasteiger partial charge is 0.326 e. The van der Waals surface area contributed by atoms with Gasteiger partial charge in [-0.25, -0.2) is 0 Å². The second-order valence-corrected chi connectivity index (χ2v) is 7.00. The highest BCUT2D eigenvalue weighted by Gasteiger charge is 2.15. The quantitative estimate of drug-likeness (QED) is 0.684. The molecule has 0 heterocycles. The van der Waals surface area contributed by atoms with Crippen LogP contribution in [0.25, 0.3) is 0 Å². The van der Waals surface area contributed by atoms with Gasteiger partial charge in [0.2, 0.25) is 11.8 Å². The first kappa shape index (κ1) is 19.3. The number of para-hydroxylation sites is 1. The Hall–Kier alpha value is -2.04. The van der Waals surface area contributed by atoms with Crippen LogP contribution >= 0.6 is 23.2 Å². The number of rotatable bonds is 5. The van der Waals surface area contributed by atoms with Crippen molar-refractivity contribution in [3.63, 3.8) is 0 Å². The van der Waals surface area contributed by atoms with E-state index in [0.29, 0.717) is 15.7 Å². The lowest BCUT2D eigenvalue weighted by atomic mass is 9.98. The number of benzene rings is 2. The molecule has 132 valence electrons. The van der Waals surface area contributed by atoms with Crippen LogP contribution in [0.3, 0.4) is 0 Å². The van der Waals surface area contributed by atoms with E-state index < -0.39 is 5.91 Å². The van der Waals surface area contributed by atoms with E-state index in [0.717, 1.165) is 16.8 Å². The molecule has 6 heteroatoms. The summed E-state index contributed by atoms with van der Waals surface area (Å²) in [4.78, 5) is 24.3. The maximum Gasteiger partial charge on any atom is 0.233 e. The summed E-state index contributed by atoms with van der Waals surface area (Å²) in [6.07, 6.45) is -0.296. The van der Waals surface area contributed by atoms with Gasteiger partial charge < -0.3 is 10.6 Å². The van der Waals surface area contributed by atoms with Gasteiger partial charge in [0, 0.05) is 21.4 Å². The van der Waals surface area contributed by atoms with E-state index in [9.17, 15) is 9.59 Å². The van der Waals surface area contributed by atoms with Gasteiger partial charge in [-0.1, -0.05) is 55.2 Å². The molecule has 2 aromatic rings. The summed E-state index contributed by atoms with van der Waals surface area (Å²) in [6.45, 7) is 6.04. The van der Waals surface area contributed by atoms with E-state index in [-0.39, 0.29) is 18.2 Å². The first-order valence-corrected chi connectivity index (χ1v) is 8.67. The maximum absolute atomic E-state index is 12.2. The van der Waals surface area contributed by atoms with Gasteiger partial charge in [0.05, 0.1) is 0 Å². The Morgan fingerprint density at radius 1 is 1.00 bits per heavy atom. The molecule has 0 fully saturated rings. The molecule has 0 unspecified atom stereocenters. The van der Waals surface area contributed by atoms with Crippen molar-refractivity contribution in [3.8, 4) is 0 Å². The van der Waals surface area contributed by atoms with Gasteiger partial charge in [-0.2, -0.15) is 0 Å². The molecule has 0 spiro atoms. The molecule has 4 nitrogen and oxygen atoms in total. The molecule has 2 aromatic carbocycles. The van der Waals surface area contributed by atoms with E-state index in [1.165, 1.54) is 0 Å². The molecular formula is C19H20Cl2N2O2. The third kappa shape index (κ3) is 5.48. The number of hydrogen-bond donors (Lipinski definition) is 2. The first-order chi connectivity index (χ1) is 11.8. The van der Waals surface area contributed by atoms with Crippen LogP contribution in [0.4, 0.5) is 11.4 Å². The zero-order chi connectivity index (χ0) is 18.6. The summed E-state index contributed by atoms with van der Waals surface area (Å²) < 4.78 is 0. The molecule has 2 N–H and O–H groups in total. The van der Waals surface area contributed by atoms with Crippen molar-refractivity contribution in [2.45, 2.75) is 33.1 Å². The summed E-state index contributed by atoms with van der Waals surface area (Å²) in [5, 5.41) is 6.29. The highest BCUT2D eigenvalue weighted by atomic mass is 35.5. The van der Waals surface area contributed by atoms with Crippen molar-refractivity contribution in [1.29, 1.82) is 0 Å². The van der Waals surface area contributed by atoms with Crippen molar-refractivity contribution in [1.82, 2.24) is 0 Å². The van der Waals surface area contributed by atoms with Crippen LogP contribution in [0.15, 0.2) is 36.4 Å². The smallest absolute Gasteiger partial charge is 0.233 e. The van der Waals surface area contributed by atoms with E-state index in [1.807, 2.05) is 25.1 Å². The SMILES string of the molecule is Cc1cccc(C(C)C)c1NC(=O)CC(=O)Nc1cc(Cl)cc(Cl)c1. The second kappa shape index (κ2) is 8.37. The molecule has 0 aliphatic carbocycles. The lowest BCUT2D eigenvalue weighted by Crippen LogP contribution is -2.22. The number of hydrogen-bond acceptors (Lipinski definition) is 2. The van der Waals surface area contributed by atoms with Crippen LogP contribution in [0.5, 0.6) is 0 Å². The fraction of sp³-hybridized carbons (Fsp3) is 0.263. The fourth-order valence-electron chi connectivity index (χ4n) is 2.50. The summed E-state index contributed by atoms with van der Waals surface area (Å²) in [5.74, 6) is -0.546. The minimum Gasteiger partial charge on any atom is -0.326 e. The average Bonchev–Trinajstić information content (AvgIpc) is 2.47. The Labute approximate surface area is 157 Å². The zero-order valence-corrected chi connectivity index (χ0v) is 15.8. The van der Waals surface area contributed by atoms with Crippen molar-refractivity contribution >= 4 is 46.4 Å².